The number of amides is 3. The lowest BCUT2D eigenvalue weighted by Gasteiger charge is -2.13. The highest BCUT2D eigenvalue weighted by Crippen LogP contribution is 2.29. The molecule has 0 aliphatic heterocycles. The van der Waals surface area contributed by atoms with Gasteiger partial charge in [-0.05, 0) is 43.7 Å². The number of hydrogen-bond acceptors (Lipinski definition) is 6. The third-order valence-corrected chi connectivity index (χ3v) is 6.38. The first-order chi connectivity index (χ1) is 14.7. The molecule has 1 heterocycles. The molecule has 0 aliphatic carbocycles. The average Bonchev–Trinajstić information content (AvgIpc) is 3.04. The van der Waals surface area contributed by atoms with E-state index in [1.165, 1.54) is 23.9 Å². The molecule has 11 heteroatoms. The highest BCUT2D eigenvalue weighted by Gasteiger charge is 2.22. The topological polar surface area (TPSA) is 136 Å². The van der Waals surface area contributed by atoms with Crippen LogP contribution in [0, 0.1) is 0 Å². The lowest BCUT2D eigenvalue weighted by Crippen LogP contribution is -2.38. The number of thioether (sulfide) groups is 1. The standard InChI is InChI=1S/C20H23N5O4S2/c1-3-11-25-17-10-9-15(31(21,28)29)12-16(17)23-20(25)30-13(2)18(26)24-19(27)22-14-7-5-4-6-8-14/h4-10,12-13H,3,11H2,1-2H3,(H2,21,28,29)(H2,22,24,26,27). The van der Waals surface area contributed by atoms with Crippen molar-refractivity contribution >= 4 is 50.4 Å². The van der Waals surface area contributed by atoms with Crippen LogP contribution in [0.15, 0.2) is 58.6 Å². The summed E-state index contributed by atoms with van der Waals surface area (Å²) >= 11 is 1.18. The van der Waals surface area contributed by atoms with Crippen LogP contribution in [0.25, 0.3) is 11.0 Å². The number of nitrogens with two attached hydrogens (primary N) is 1. The van der Waals surface area contributed by atoms with E-state index in [2.05, 4.69) is 15.6 Å². The molecule has 3 rings (SSSR count). The van der Waals surface area contributed by atoms with Gasteiger partial charge in [0.25, 0.3) is 0 Å². The normalized spacial score (nSPS) is 12.5. The van der Waals surface area contributed by atoms with Crippen molar-refractivity contribution in [2.75, 3.05) is 5.32 Å². The van der Waals surface area contributed by atoms with Crippen LogP contribution in [0.2, 0.25) is 0 Å². The van der Waals surface area contributed by atoms with Crippen LogP contribution in [-0.2, 0) is 21.4 Å². The van der Waals surface area contributed by atoms with Gasteiger partial charge in [-0.2, -0.15) is 0 Å². The third-order valence-electron chi connectivity index (χ3n) is 4.38. The Morgan fingerprint density at radius 2 is 1.90 bits per heavy atom. The van der Waals surface area contributed by atoms with Gasteiger partial charge >= 0.3 is 6.03 Å². The monoisotopic (exact) mass is 461 g/mol. The molecule has 3 amide bonds. The van der Waals surface area contributed by atoms with Gasteiger partial charge in [0.1, 0.15) is 0 Å². The maximum absolute atomic E-state index is 12.5. The number of imidazole rings is 1. The zero-order chi connectivity index (χ0) is 22.6. The van der Waals surface area contributed by atoms with Gasteiger partial charge in [-0.1, -0.05) is 36.9 Å². The summed E-state index contributed by atoms with van der Waals surface area (Å²) < 4.78 is 25.2. The summed E-state index contributed by atoms with van der Waals surface area (Å²) in [4.78, 5) is 29.0. The van der Waals surface area contributed by atoms with E-state index in [0.717, 1.165) is 11.9 Å². The number of para-hydroxylation sites is 1. The van der Waals surface area contributed by atoms with Crippen molar-refractivity contribution in [2.24, 2.45) is 5.14 Å². The molecule has 0 bridgehead atoms. The Labute approximate surface area is 184 Å². The fourth-order valence-electron chi connectivity index (χ4n) is 2.90. The van der Waals surface area contributed by atoms with E-state index < -0.39 is 27.2 Å². The van der Waals surface area contributed by atoms with E-state index in [9.17, 15) is 18.0 Å². The number of fused-ring (bicyclic) bond motifs is 1. The molecule has 0 radical (unpaired) electrons. The Balaban J connectivity index is 1.76. The zero-order valence-corrected chi connectivity index (χ0v) is 18.7. The van der Waals surface area contributed by atoms with Crippen molar-refractivity contribution in [2.45, 2.75) is 42.1 Å². The molecular weight excluding hydrogens is 438 g/mol. The number of benzene rings is 2. The zero-order valence-electron chi connectivity index (χ0n) is 17.0. The van der Waals surface area contributed by atoms with Gasteiger partial charge in [0.2, 0.25) is 15.9 Å². The molecule has 0 fully saturated rings. The minimum atomic E-state index is -3.85. The molecular formula is C20H23N5O4S2. The number of nitrogens with one attached hydrogen (secondary N) is 2. The van der Waals surface area contributed by atoms with E-state index in [-0.39, 0.29) is 4.90 Å². The molecule has 4 N–H and O–H groups in total. The first-order valence-corrected chi connectivity index (χ1v) is 12.0. The molecule has 0 saturated carbocycles. The molecule has 31 heavy (non-hydrogen) atoms. The van der Waals surface area contributed by atoms with Crippen molar-refractivity contribution in [3.05, 3.63) is 48.5 Å². The number of sulfonamides is 1. The second-order valence-corrected chi connectivity index (χ2v) is 9.68. The predicted octanol–water partition coefficient (Wildman–Crippen LogP) is 2.92. The van der Waals surface area contributed by atoms with Crippen molar-refractivity contribution in [3.8, 4) is 0 Å². The van der Waals surface area contributed by atoms with Crippen LogP contribution in [-0.4, -0.2) is 35.2 Å². The van der Waals surface area contributed by atoms with E-state index in [0.29, 0.717) is 22.9 Å². The Morgan fingerprint density at radius 1 is 1.19 bits per heavy atom. The number of hydrogen-bond donors (Lipinski definition) is 3. The smallest absolute Gasteiger partial charge is 0.319 e. The molecule has 1 atom stereocenters. The van der Waals surface area contributed by atoms with Crippen LogP contribution < -0.4 is 15.8 Å². The lowest BCUT2D eigenvalue weighted by molar-refractivity contribution is -0.119. The van der Waals surface area contributed by atoms with E-state index in [1.54, 1.807) is 37.3 Å². The Kier molecular flexibility index (Phi) is 6.98. The number of carbonyl (C=O) groups is 2. The summed E-state index contributed by atoms with van der Waals surface area (Å²) in [7, 11) is -3.85. The average molecular weight is 462 g/mol. The fraction of sp³-hybridized carbons (Fsp3) is 0.250. The molecule has 3 aromatic rings. The van der Waals surface area contributed by atoms with Crippen molar-refractivity contribution in [1.82, 2.24) is 14.9 Å². The van der Waals surface area contributed by atoms with Crippen LogP contribution in [0.1, 0.15) is 20.3 Å². The first-order valence-electron chi connectivity index (χ1n) is 9.55. The summed E-state index contributed by atoms with van der Waals surface area (Å²) in [6.07, 6.45) is 0.815. The Hall–Kier alpha value is -2.89. The number of urea groups is 1. The molecule has 1 aromatic heterocycles. The maximum Gasteiger partial charge on any atom is 0.325 e. The summed E-state index contributed by atoms with van der Waals surface area (Å²) in [6.45, 7) is 4.31. The van der Waals surface area contributed by atoms with Gasteiger partial charge in [0.05, 0.1) is 21.2 Å². The van der Waals surface area contributed by atoms with Crippen molar-refractivity contribution in [1.29, 1.82) is 0 Å². The molecule has 1 unspecified atom stereocenters. The second-order valence-electron chi connectivity index (χ2n) is 6.81. The van der Waals surface area contributed by atoms with E-state index in [4.69, 9.17) is 5.14 Å². The Morgan fingerprint density at radius 3 is 2.55 bits per heavy atom. The first kappa shape index (κ1) is 22.8. The van der Waals surface area contributed by atoms with Gasteiger partial charge in [0, 0.05) is 12.2 Å². The summed E-state index contributed by atoms with van der Waals surface area (Å²) in [6, 6.07) is 12.7. The predicted molar refractivity (Wildman–Crippen MR) is 120 cm³/mol. The molecule has 0 saturated heterocycles. The van der Waals surface area contributed by atoms with Gasteiger partial charge in [0.15, 0.2) is 5.16 Å². The van der Waals surface area contributed by atoms with Gasteiger partial charge in [-0.25, -0.2) is 23.3 Å². The largest absolute Gasteiger partial charge is 0.325 e. The summed E-state index contributed by atoms with van der Waals surface area (Å²) in [5, 5.41) is 10.1. The number of primary sulfonamides is 1. The van der Waals surface area contributed by atoms with E-state index in [1.807, 2.05) is 17.6 Å². The minimum Gasteiger partial charge on any atom is -0.319 e. The van der Waals surface area contributed by atoms with Gasteiger partial charge < -0.3 is 9.88 Å². The quantitative estimate of drug-likeness (QED) is 0.463. The number of rotatable bonds is 7. The molecule has 164 valence electrons. The number of imide groups is 1. The lowest BCUT2D eigenvalue weighted by atomic mass is 10.3. The second kappa shape index (κ2) is 9.50. The van der Waals surface area contributed by atoms with Crippen molar-refractivity contribution in [3.63, 3.8) is 0 Å². The molecule has 0 spiro atoms. The number of anilines is 1. The van der Waals surface area contributed by atoms with Crippen LogP contribution in [0.3, 0.4) is 0 Å². The van der Waals surface area contributed by atoms with Crippen LogP contribution in [0.4, 0.5) is 10.5 Å². The minimum absolute atomic E-state index is 0.0268. The van der Waals surface area contributed by atoms with Crippen molar-refractivity contribution < 1.29 is 18.0 Å². The number of nitrogens with zero attached hydrogens (tertiary/aromatic N) is 2. The van der Waals surface area contributed by atoms with E-state index >= 15 is 0 Å². The van der Waals surface area contributed by atoms with Crippen LogP contribution in [0.5, 0.6) is 0 Å². The highest BCUT2D eigenvalue weighted by molar-refractivity contribution is 8.00. The Bertz CT molecular complexity index is 1210. The molecule has 0 aliphatic rings. The highest BCUT2D eigenvalue weighted by atomic mass is 32.2. The molecule has 2 aromatic carbocycles. The summed E-state index contributed by atoms with van der Waals surface area (Å²) in [5.74, 6) is -0.473. The fourth-order valence-corrected chi connectivity index (χ4v) is 4.39. The molecule has 9 nitrogen and oxygen atoms in total. The number of aromatic nitrogens is 2. The van der Waals surface area contributed by atoms with Gasteiger partial charge in [-0.15, -0.1) is 0 Å². The van der Waals surface area contributed by atoms with Crippen LogP contribution >= 0.6 is 11.8 Å². The third kappa shape index (κ3) is 5.63. The maximum atomic E-state index is 12.5. The number of carbonyl (C=O) groups excluding carboxylic acids is 2. The van der Waals surface area contributed by atoms with Gasteiger partial charge in [-0.3, -0.25) is 10.1 Å². The summed E-state index contributed by atoms with van der Waals surface area (Å²) in [5.41, 5.74) is 1.78. The SMILES string of the molecule is CCCn1c(SC(C)C(=O)NC(=O)Nc2ccccc2)nc2cc(S(N)(=O)=O)ccc21. The number of aryl methyl sites for hydroxylation is 1.